The number of halogens is 1. The van der Waals surface area contributed by atoms with E-state index in [1.54, 1.807) is 26.0 Å². The lowest BCUT2D eigenvalue weighted by Crippen LogP contribution is -2.50. The van der Waals surface area contributed by atoms with Crippen LogP contribution in [0.3, 0.4) is 0 Å². The van der Waals surface area contributed by atoms with Crippen LogP contribution in [0.4, 0.5) is 4.39 Å². The maximum Gasteiger partial charge on any atom is 0.247 e. The number of aliphatic hydroxyl groups is 1. The Balaban J connectivity index is 1.74. The van der Waals surface area contributed by atoms with Crippen molar-refractivity contribution >= 4 is 25.6 Å². The Bertz CT molecular complexity index is 1380. The largest absolute Gasteiger partial charge is 0.487 e. The molecule has 2 aliphatic rings. The Morgan fingerprint density at radius 3 is 2.54 bits per heavy atom. The lowest BCUT2D eigenvalue weighted by molar-refractivity contribution is 0.0904. The Morgan fingerprint density at radius 1 is 1.22 bits per heavy atom. The summed E-state index contributed by atoms with van der Waals surface area (Å²) >= 11 is 0. The molecule has 1 aliphatic heterocycles. The zero-order valence-corrected chi connectivity index (χ0v) is 22.8. The molecule has 0 radical (unpaired) electrons. The first-order chi connectivity index (χ1) is 17.4. The lowest BCUT2D eigenvalue weighted by Gasteiger charge is -2.37. The van der Waals surface area contributed by atoms with Gasteiger partial charge in [-0.15, -0.1) is 0 Å². The van der Waals surface area contributed by atoms with Crippen molar-refractivity contribution < 1.29 is 31.1 Å². The number of sulfonamides is 2. The fraction of sp³-hybridized carbons (Fsp3) is 0.462. The zero-order chi connectivity index (χ0) is 27.0. The van der Waals surface area contributed by atoms with Crippen LogP contribution in [0.1, 0.15) is 38.7 Å². The van der Waals surface area contributed by atoms with Gasteiger partial charge in [0, 0.05) is 25.6 Å². The average Bonchev–Trinajstić information content (AvgIpc) is 3.41. The highest BCUT2D eigenvalue weighted by atomic mass is 32.2. The molecule has 0 fully saturated rings. The fourth-order valence-corrected chi connectivity index (χ4v) is 7.72. The minimum atomic E-state index is -3.99. The number of fused-ring (bicyclic) bond motifs is 1. The van der Waals surface area contributed by atoms with Gasteiger partial charge in [0.25, 0.3) is 0 Å². The molecule has 0 unspecified atom stereocenters. The second-order valence-electron chi connectivity index (χ2n) is 9.76. The van der Waals surface area contributed by atoms with Gasteiger partial charge in [0.05, 0.1) is 18.0 Å². The molecule has 4 rings (SSSR count). The summed E-state index contributed by atoms with van der Waals surface area (Å²) in [5, 5.41) is 9.81. The zero-order valence-electron chi connectivity index (χ0n) is 21.2. The molecule has 8 nitrogen and oxygen atoms in total. The van der Waals surface area contributed by atoms with Crippen LogP contribution in [0.15, 0.2) is 58.3 Å². The number of aliphatic hydroxyl groups excluding tert-OH is 1. The van der Waals surface area contributed by atoms with Gasteiger partial charge in [-0.05, 0) is 73.7 Å². The Kier molecular flexibility index (Phi) is 8.10. The Labute approximate surface area is 218 Å². The molecule has 0 amide bonds. The molecule has 0 saturated carbocycles. The molecule has 1 N–H and O–H groups in total. The summed E-state index contributed by atoms with van der Waals surface area (Å²) in [7, 11) is -6.53. The van der Waals surface area contributed by atoms with Gasteiger partial charge >= 0.3 is 0 Å². The third-order valence-corrected chi connectivity index (χ3v) is 10.9. The number of benzene rings is 2. The smallest absolute Gasteiger partial charge is 0.247 e. The normalized spacial score (nSPS) is 23.0. The molecule has 3 atom stereocenters. The van der Waals surface area contributed by atoms with E-state index in [1.807, 2.05) is 0 Å². The molecule has 0 aromatic heterocycles. The summed E-state index contributed by atoms with van der Waals surface area (Å²) in [5.41, 5.74) is 1.99. The SMILES string of the molecule is C[C@@H]1CN([C@@H](C)CO)S(=O)(=O)c2ccc(C3=CCCC3)cc2O[C@@H]1CN(C)S(=O)(=O)c1ccc(F)cc1. The molecule has 2 aromatic carbocycles. The number of nitrogens with zero attached hydrogens (tertiary/aromatic N) is 2. The van der Waals surface area contributed by atoms with E-state index in [9.17, 15) is 26.3 Å². The Hall–Kier alpha value is -2.31. The summed E-state index contributed by atoms with van der Waals surface area (Å²) in [6.07, 6.45) is 4.30. The molecule has 1 aliphatic carbocycles. The number of ether oxygens (including phenoxy) is 1. The number of rotatable bonds is 7. The highest BCUT2D eigenvalue weighted by molar-refractivity contribution is 7.89. The summed E-state index contributed by atoms with van der Waals surface area (Å²) in [6, 6.07) is 8.92. The van der Waals surface area contributed by atoms with Gasteiger partial charge in [-0.25, -0.2) is 21.2 Å². The van der Waals surface area contributed by atoms with E-state index in [2.05, 4.69) is 6.08 Å². The van der Waals surface area contributed by atoms with Crippen molar-refractivity contribution in [2.24, 2.45) is 5.92 Å². The van der Waals surface area contributed by atoms with Crippen LogP contribution < -0.4 is 4.74 Å². The molecule has 0 spiro atoms. The molecule has 202 valence electrons. The van der Waals surface area contributed by atoms with E-state index in [0.717, 1.165) is 46.8 Å². The topological polar surface area (TPSA) is 104 Å². The van der Waals surface area contributed by atoms with Crippen molar-refractivity contribution in [3.05, 3.63) is 59.9 Å². The highest BCUT2D eigenvalue weighted by Gasteiger charge is 2.39. The van der Waals surface area contributed by atoms with Gasteiger partial charge in [0.1, 0.15) is 22.6 Å². The molecular weight excluding hydrogens is 519 g/mol. The number of allylic oxidation sites excluding steroid dienone is 2. The van der Waals surface area contributed by atoms with Crippen molar-refractivity contribution in [1.82, 2.24) is 8.61 Å². The van der Waals surface area contributed by atoms with Crippen LogP contribution in [-0.4, -0.2) is 69.4 Å². The second kappa shape index (κ2) is 10.8. The minimum absolute atomic E-state index is 0.0175. The van der Waals surface area contributed by atoms with Gasteiger partial charge in [-0.1, -0.05) is 19.1 Å². The highest BCUT2D eigenvalue weighted by Crippen LogP contribution is 2.37. The lowest BCUT2D eigenvalue weighted by atomic mass is 10.0. The van der Waals surface area contributed by atoms with E-state index in [1.165, 1.54) is 29.6 Å². The van der Waals surface area contributed by atoms with Crippen LogP contribution in [0.2, 0.25) is 0 Å². The molecule has 11 heteroatoms. The average molecular weight is 553 g/mol. The first-order valence-corrected chi connectivity index (χ1v) is 15.2. The van der Waals surface area contributed by atoms with Gasteiger partial charge in [0.2, 0.25) is 20.0 Å². The van der Waals surface area contributed by atoms with Crippen molar-refractivity contribution in [1.29, 1.82) is 0 Å². The Morgan fingerprint density at radius 2 is 1.92 bits per heavy atom. The van der Waals surface area contributed by atoms with Crippen LogP contribution in [0.25, 0.3) is 5.57 Å². The standard InChI is InChI=1S/C26H33FN2O6S2/c1-18-15-29(19(2)17-30)37(33,34)26-13-8-21(20-6-4-5-7-20)14-24(26)35-25(18)16-28(3)36(31,32)23-11-9-22(27)10-12-23/h6,8-14,18-19,25,30H,4-5,7,15-17H2,1-3H3/t18-,19+,25-/m1/s1. The van der Waals surface area contributed by atoms with E-state index in [0.29, 0.717) is 0 Å². The van der Waals surface area contributed by atoms with Gasteiger partial charge < -0.3 is 9.84 Å². The molecular formula is C26H33FN2O6S2. The van der Waals surface area contributed by atoms with E-state index < -0.39 is 43.9 Å². The second-order valence-corrected chi connectivity index (χ2v) is 13.7. The van der Waals surface area contributed by atoms with Crippen LogP contribution in [0.5, 0.6) is 5.75 Å². The number of hydrogen-bond donors (Lipinski definition) is 1. The van der Waals surface area contributed by atoms with Crippen molar-refractivity contribution in [3.63, 3.8) is 0 Å². The molecule has 2 aromatic rings. The van der Waals surface area contributed by atoms with E-state index in [4.69, 9.17) is 4.74 Å². The fourth-order valence-electron chi connectivity index (χ4n) is 4.71. The quantitative estimate of drug-likeness (QED) is 0.564. The van der Waals surface area contributed by atoms with Gasteiger partial charge in [-0.2, -0.15) is 8.61 Å². The van der Waals surface area contributed by atoms with Crippen molar-refractivity contribution in [2.75, 3.05) is 26.7 Å². The summed E-state index contributed by atoms with van der Waals surface area (Å²) in [5.74, 6) is -0.801. The third-order valence-electron chi connectivity index (χ3n) is 7.04. The van der Waals surface area contributed by atoms with Crippen molar-refractivity contribution in [2.45, 2.75) is 55.0 Å². The number of likely N-dealkylation sites (N-methyl/N-ethyl adjacent to an activating group) is 1. The van der Waals surface area contributed by atoms with Crippen LogP contribution in [0, 0.1) is 11.7 Å². The van der Waals surface area contributed by atoms with Crippen LogP contribution in [-0.2, 0) is 20.0 Å². The minimum Gasteiger partial charge on any atom is -0.487 e. The van der Waals surface area contributed by atoms with Gasteiger partial charge in [0.15, 0.2) is 0 Å². The first kappa shape index (κ1) is 27.7. The third kappa shape index (κ3) is 5.61. The summed E-state index contributed by atoms with van der Waals surface area (Å²) < 4.78 is 75.7. The van der Waals surface area contributed by atoms with Crippen molar-refractivity contribution in [3.8, 4) is 5.75 Å². The summed E-state index contributed by atoms with van der Waals surface area (Å²) in [4.78, 5) is -0.0695. The maximum absolute atomic E-state index is 13.6. The molecule has 0 saturated heterocycles. The molecule has 37 heavy (non-hydrogen) atoms. The van der Waals surface area contributed by atoms with Crippen LogP contribution >= 0.6 is 0 Å². The predicted molar refractivity (Wildman–Crippen MR) is 139 cm³/mol. The first-order valence-electron chi connectivity index (χ1n) is 12.3. The maximum atomic E-state index is 13.6. The number of hydrogen-bond acceptors (Lipinski definition) is 6. The predicted octanol–water partition coefficient (Wildman–Crippen LogP) is 3.48. The van der Waals surface area contributed by atoms with E-state index in [-0.39, 0.29) is 35.2 Å². The molecule has 1 heterocycles. The molecule has 0 bridgehead atoms. The summed E-state index contributed by atoms with van der Waals surface area (Å²) in [6.45, 7) is 3.03. The van der Waals surface area contributed by atoms with E-state index >= 15 is 0 Å². The monoisotopic (exact) mass is 552 g/mol. The van der Waals surface area contributed by atoms with Gasteiger partial charge in [-0.3, -0.25) is 0 Å².